The number of aliphatic imine (C=N–C) groups is 1. The van der Waals surface area contributed by atoms with Gasteiger partial charge in [0.15, 0.2) is 0 Å². The molecule has 0 aromatic heterocycles. The van der Waals surface area contributed by atoms with Crippen LogP contribution < -0.4 is 5.73 Å². The summed E-state index contributed by atoms with van der Waals surface area (Å²) in [6, 6.07) is 3.41. The molecule has 0 radical (unpaired) electrons. The van der Waals surface area contributed by atoms with E-state index in [9.17, 15) is 13.2 Å². The number of hydrogen-bond acceptors (Lipinski definition) is 1. The van der Waals surface area contributed by atoms with Gasteiger partial charge >= 0.3 is 6.18 Å². The molecule has 88 valence electrons. The first kappa shape index (κ1) is 13.1. The number of benzene rings is 1. The van der Waals surface area contributed by atoms with Crippen molar-refractivity contribution in [3.05, 3.63) is 28.8 Å². The van der Waals surface area contributed by atoms with E-state index in [1.807, 2.05) is 0 Å². The van der Waals surface area contributed by atoms with Crippen molar-refractivity contribution in [2.24, 2.45) is 10.7 Å². The Morgan fingerprint density at radius 3 is 2.50 bits per heavy atom. The molecule has 2 nitrogen and oxygen atoms in total. The zero-order chi connectivity index (χ0) is 12.3. The van der Waals surface area contributed by atoms with Crippen LogP contribution in [-0.2, 0) is 6.18 Å². The van der Waals surface area contributed by atoms with Gasteiger partial charge in [-0.2, -0.15) is 13.2 Å². The second-order valence-corrected chi connectivity index (χ2v) is 3.52. The number of halogens is 5. The van der Waals surface area contributed by atoms with Gasteiger partial charge in [0.25, 0.3) is 0 Å². The van der Waals surface area contributed by atoms with Crippen LogP contribution in [0.5, 0.6) is 0 Å². The predicted molar refractivity (Wildman–Crippen MR) is 58.5 cm³/mol. The summed E-state index contributed by atoms with van der Waals surface area (Å²) in [7, 11) is 0. The maximum absolute atomic E-state index is 12.5. The van der Waals surface area contributed by atoms with Crippen molar-refractivity contribution in [2.45, 2.75) is 6.18 Å². The Hall–Kier alpha value is -0.940. The van der Waals surface area contributed by atoms with Gasteiger partial charge in [0.05, 0.1) is 22.2 Å². The van der Waals surface area contributed by atoms with Crippen LogP contribution in [0, 0.1) is 0 Å². The minimum absolute atomic E-state index is 0.00268. The topological polar surface area (TPSA) is 38.4 Å². The van der Waals surface area contributed by atoms with Gasteiger partial charge in [-0.1, -0.05) is 17.7 Å². The van der Waals surface area contributed by atoms with Gasteiger partial charge in [0.1, 0.15) is 5.84 Å². The number of amidine groups is 1. The number of rotatable bonds is 2. The molecule has 0 atom stereocenters. The van der Waals surface area contributed by atoms with E-state index >= 15 is 0 Å². The quantitative estimate of drug-likeness (QED) is 0.498. The molecule has 0 heterocycles. The second kappa shape index (κ2) is 4.93. The van der Waals surface area contributed by atoms with Crippen molar-refractivity contribution in [1.82, 2.24) is 0 Å². The molecule has 0 aliphatic rings. The number of alkyl halides is 4. The second-order valence-electron chi connectivity index (χ2n) is 2.87. The lowest BCUT2D eigenvalue weighted by Crippen LogP contribution is -2.12. The highest BCUT2D eigenvalue weighted by Gasteiger charge is 2.33. The van der Waals surface area contributed by atoms with Gasteiger partial charge in [0.2, 0.25) is 0 Å². The van der Waals surface area contributed by atoms with Gasteiger partial charge in [-0.05, 0) is 12.1 Å². The standard InChI is InChI=1S/C9H7Cl2F3N2/c10-4-7(15)16-6-3-1-2-5(8(6)11)9(12,13)14/h1-3H,4H2,(H2,15,16). The van der Waals surface area contributed by atoms with E-state index in [4.69, 9.17) is 28.9 Å². The summed E-state index contributed by atoms with van der Waals surface area (Å²) in [5, 5.41) is -0.483. The molecule has 16 heavy (non-hydrogen) atoms. The minimum atomic E-state index is -4.52. The number of nitrogens with zero attached hydrogens (tertiary/aromatic N) is 1. The van der Waals surface area contributed by atoms with Gasteiger partial charge in [0, 0.05) is 0 Å². The molecule has 7 heteroatoms. The highest BCUT2D eigenvalue weighted by molar-refractivity contribution is 6.34. The van der Waals surface area contributed by atoms with Crippen LogP contribution in [0.1, 0.15) is 5.56 Å². The van der Waals surface area contributed by atoms with Crippen LogP contribution in [0.2, 0.25) is 5.02 Å². The molecule has 0 spiro atoms. The van der Waals surface area contributed by atoms with Gasteiger partial charge in [-0.25, -0.2) is 4.99 Å². The van der Waals surface area contributed by atoms with E-state index in [1.165, 1.54) is 12.1 Å². The summed E-state index contributed by atoms with van der Waals surface area (Å²) in [4.78, 5) is 3.68. The zero-order valence-electron chi connectivity index (χ0n) is 7.85. The fourth-order valence-corrected chi connectivity index (χ4v) is 1.34. The van der Waals surface area contributed by atoms with Gasteiger partial charge in [-0.15, -0.1) is 11.6 Å². The monoisotopic (exact) mass is 270 g/mol. The van der Waals surface area contributed by atoms with Crippen LogP contribution in [0.4, 0.5) is 18.9 Å². The smallest absolute Gasteiger partial charge is 0.386 e. The van der Waals surface area contributed by atoms with E-state index in [0.717, 1.165) is 6.07 Å². The van der Waals surface area contributed by atoms with Crippen molar-refractivity contribution in [3.63, 3.8) is 0 Å². The van der Waals surface area contributed by atoms with Crippen molar-refractivity contribution in [1.29, 1.82) is 0 Å². The molecule has 1 rings (SSSR count). The summed E-state index contributed by atoms with van der Waals surface area (Å²) >= 11 is 10.9. The lowest BCUT2D eigenvalue weighted by Gasteiger charge is -2.10. The molecule has 0 fully saturated rings. The lowest BCUT2D eigenvalue weighted by molar-refractivity contribution is -0.137. The summed E-state index contributed by atoms with van der Waals surface area (Å²) in [6.07, 6.45) is -4.52. The van der Waals surface area contributed by atoms with Crippen molar-refractivity contribution in [3.8, 4) is 0 Å². The lowest BCUT2D eigenvalue weighted by atomic mass is 10.2. The molecule has 0 saturated heterocycles. The van der Waals surface area contributed by atoms with E-state index in [2.05, 4.69) is 4.99 Å². The number of nitrogens with two attached hydrogens (primary N) is 1. The predicted octanol–water partition coefficient (Wildman–Crippen LogP) is 3.59. The summed E-state index contributed by atoms with van der Waals surface area (Å²) in [5.41, 5.74) is 4.32. The molecule has 0 aliphatic heterocycles. The van der Waals surface area contributed by atoms with Crippen molar-refractivity contribution < 1.29 is 13.2 Å². The molecule has 2 N–H and O–H groups in total. The Bertz CT molecular complexity index is 416. The molecular weight excluding hydrogens is 264 g/mol. The molecule has 1 aromatic carbocycles. The van der Waals surface area contributed by atoms with E-state index < -0.39 is 16.8 Å². The van der Waals surface area contributed by atoms with Gasteiger partial charge < -0.3 is 5.73 Å². The van der Waals surface area contributed by atoms with Gasteiger partial charge in [-0.3, -0.25) is 0 Å². The molecular formula is C9H7Cl2F3N2. The van der Waals surface area contributed by atoms with Crippen molar-refractivity contribution >= 4 is 34.7 Å². The normalized spacial score (nSPS) is 12.9. The maximum Gasteiger partial charge on any atom is 0.417 e. The first-order chi connectivity index (χ1) is 7.36. The molecule has 0 saturated carbocycles. The largest absolute Gasteiger partial charge is 0.417 e. The Morgan fingerprint density at radius 1 is 1.38 bits per heavy atom. The highest BCUT2D eigenvalue weighted by atomic mass is 35.5. The Labute approximate surface area is 99.9 Å². The molecule has 0 amide bonds. The Morgan fingerprint density at radius 2 is 2.00 bits per heavy atom. The average Bonchev–Trinajstić information content (AvgIpc) is 2.19. The third-order valence-electron chi connectivity index (χ3n) is 1.68. The minimum Gasteiger partial charge on any atom is -0.386 e. The third-order valence-corrected chi connectivity index (χ3v) is 2.36. The molecule has 0 unspecified atom stereocenters. The van der Waals surface area contributed by atoms with Crippen LogP contribution in [0.15, 0.2) is 23.2 Å². The van der Waals surface area contributed by atoms with Crippen LogP contribution in [-0.4, -0.2) is 11.7 Å². The van der Waals surface area contributed by atoms with E-state index in [0.29, 0.717) is 0 Å². The highest BCUT2D eigenvalue weighted by Crippen LogP contribution is 2.39. The maximum atomic E-state index is 12.5. The fourth-order valence-electron chi connectivity index (χ4n) is 1.01. The first-order valence-electron chi connectivity index (χ1n) is 4.11. The summed E-state index contributed by atoms with van der Waals surface area (Å²) in [6.45, 7) is 0. The molecule has 1 aromatic rings. The van der Waals surface area contributed by atoms with Crippen LogP contribution in [0.3, 0.4) is 0 Å². The van der Waals surface area contributed by atoms with Crippen LogP contribution in [0.25, 0.3) is 0 Å². The average molecular weight is 271 g/mol. The fraction of sp³-hybridized carbons (Fsp3) is 0.222. The van der Waals surface area contributed by atoms with Crippen molar-refractivity contribution in [2.75, 3.05) is 5.88 Å². The zero-order valence-corrected chi connectivity index (χ0v) is 9.37. The Balaban J connectivity index is 3.25. The van der Waals surface area contributed by atoms with E-state index in [1.54, 1.807) is 0 Å². The molecule has 0 aliphatic carbocycles. The van der Waals surface area contributed by atoms with Crippen LogP contribution >= 0.6 is 23.2 Å². The summed E-state index contributed by atoms with van der Waals surface area (Å²) in [5.74, 6) is -0.0741. The number of hydrogen-bond donors (Lipinski definition) is 1. The Kier molecular flexibility index (Phi) is 4.04. The third kappa shape index (κ3) is 3.02. The SMILES string of the molecule is NC(CCl)=Nc1cccc(C(F)(F)F)c1Cl. The molecule has 0 bridgehead atoms. The summed E-state index contributed by atoms with van der Waals surface area (Å²) < 4.78 is 37.4. The van der Waals surface area contributed by atoms with E-state index in [-0.39, 0.29) is 17.4 Å². The first-order valence-corrected chi connectivity index (χ1v) is 5.02.